The molecule has 1 aromatic carbocycles. The number of nitrogens with zero attached hydrogens (tertiary/aromatic N) is 4. The second-order valence-corrected chi connectivity index (χ2v) is 5.65. The summed E-state index contributed by atoms with van der Waals surface area (Å²) in [5.41, 5.74) is 2.15. The van der Waals surface area contributed by atoms with Gasteiger partial charge in [0.15, 0.2) is 0 Å². The Morgan fingerprint density at radius 1 is 1.38 bits per heavy atom. The second-order valence-electron chi connectivity index (χ2n) is 4.09. The second kappa shape index (κ2) is 6.06. The molecule has 6 nitrogen and oxygen atoms in total. The van der Waals surface area contributed by atoms with Crippen LogP contribution in [0.25, 0.3) is 5.69 Å². The van der Waals surface area contributed by atoms with E-state index in [2.05, 4.69) is 20.8 Å². The Bertz CT molecular complexity index is 754. The zero-order chi connectivity index (χ0) is 14.7. The Balaban J connectivity index is 1.85. The van der Waals surface area contributed by atoms with Crippen molar-refractivity contribution in [2.45, 2.75) is 5.16 Å². The molecule has 1 N–H and O–H groups in total. The van der Waals surface area contributed by atoms with Gasteiger partial charge in [-0.25, -0.2) is 0 Å². The maximum Gasteiger partial charge on any atom is 0.256 e. The van der Waals surface area contributed by atoms with Crippen LogP contribution >= 0.6 is 23.1 Å². The largest absolute Gasteiger partial charge is 0.322 e. The molecule has 0 fully saturated rings. The Kier molecular flexibility index (Phi) is 3.98. The zero-order valence-electron chi connectivity index (χ0n) is 11.1. The molecule has 3 rings (SSSR count). The summed E-state index contributed by atoms with van der Waals surface area (Å²) in [6.45, 7) is 0. The molecule has 0 aliphatic carbocycles. The van der Waals surface area contributed by atoms with Crippen molar-refractivity contribution in [3.63, 3.8) is 0 Å². The Hall–Kier alpha value is -2.19. The number of tetrazole rings is 1. The van der Waals surface area contributed by atoms with Gasteiger partial charge in [-0.05, 0) is 46.3 Å². The highest BCUT2D eigenvalue weighted by Crippen LogP contribution is 2.19. The van der Waals surface area contributed by atoms with Gasteiger partial charge in [-0.1, -0.05) is 17.8 Å². The lowest BCUT2D eigenvalue weighted by Crippen LogP contribution is -2.11. The molecule has 1 amide bonds. The van der Waals surface area contributed by atoms with Gasteiger partial charge in [-0.2, -0.15) is 16.0 Å². The van der Waals surface area contributed by atoms with Gasteiger partial charge < -0.3 is 5.32 Å². The quantitative estimate of drug-likeness (QED) is 0.749. The third-order valence-corrected chi connectivity index (χ3v) is 4.06. The number of thioether (sulfide) groups is 1. The van der Waals surface area contributed by atoms with E-state index in [0.29, 0.717) is 16.4 Å². The number of thiophene rings is 1. The first-order valence-electron chi connectivity index (χ1n) is 6.04. The molecule has 0 aliphatic rings. The average Bonchev–Trinajstić information content (AvgIpc) is 3.18. The third kappa shape index (κ3) is 2.96. The summed E-state index contributed by atoms with van der Waals surface area (Å²) in [4.78, 5) is 12.0. The van der Waals surface area contributed by atoms with E-state index in [1.54, 1.807) is 10.7 Å². The van der Waals surface area contributed by atoms with Crippen LogP contribution in [0.2, 0.25) is 0 Å². The van der Waals surface area contributed by atoms with Crippen LogP contribution in [0.3, 0.4) is 0 Å². The van der Waals surface area contributed by atoms with Gasteiger partial charge in [0.25, 0.3) is 5.91 Å². The van der Waals surface area contributed by atoms with Gasteiger partial charge in [0, 0.05) is 11.1 Å². The van der Waals surface area contributed by atoms with Crippen molar-refractivity contribution in [1.29, 1.82) is 0 Å². The van der Waals surface area contributed by atoms with E-state index in [1.807, 2.05) is 41.3 Å². The highest BCUT2D eigenvalue weighted by molar-refractivity contribution is 7.98. The van der Waals surface area contributed by atoms with Crippen LogP contribution in [0.1, 0.15) is 10.4 Å². The van der Waals surface area contributed by atoms with E-state index < -0.39 is 0 Å². The van der Waals surface area contributed by atoms with Crippen LogP contribution in [-0.2, 0) is 0 Å². The van der Waals surface area contributed by atoms with Crippen LogP contribution in [0.5, 0.6) is 0 Å². The van der Waals surface area contributed by atoms with Crippen molar-refractivity contribution >= 4 is 34.7 Å². The van der Waals surface area contributed by atoms with E-state index in [1.165, 1.54) is 23.1 Å². The minimum atomic E-state index is -0.129. The molecule has 0 saturated heterocycles. The van der Waals surface area contributed by atoms with Crippen LogP contribution in [0.4, 0.5) is 5.69 Å². The molecule has 3 aromatic rings. The number of nitrogens with one attached hydrogen (secondary N) is 1. The minimum Gasteiger partial charge on any atom is -0.322 e. The molecule has 106 valence electrons. The number of anilines is 1. The molecule has 0 atom stereocenters. The summed E-state index contributed by atoms with van der Waals surface area (Å²) in [5, 5.41) is 18.8. The van der Waals surface area contributed by atoms with Gasteiger partial charge >= 0.3 is 0 Å². The molecule has 0 saturated carbocycles. The van der Waals surface area contributed by atoms with Crippen molar-refractivity contribution in [2.75, 3.05) is 11.6 Å². The average molecular weight is 317 g/mol. The number of benzene rings is 1. The zero-order valence-corrected chi connectivity index (χ0v) is 12.7. The van der Waals surface area contributed by atoms with Gasteiger partial charge in [0.05, 0.1) is 11.3 Å². The maximum absolute atomic E-state index is 12.0. The molecule has 21 heavy (non-hydrogen) atoms. The number of amides is 1. The number of aromatic nitrogens is 4. The highest BCUT2D eigenvalue weighted by Gasteiger charge is 2.09. The van der Waals surface area contributed by atoms with Crippen molar-refractivity contribution < 1.29 is 4.79 Å². The number of carbonyl (C=O) groups is 1. The topological polar surface area (TPSA) is 72.7 Å². The Labute approximate surface area is 129 Å². The fourth-order valence-corrected chi connectivity index (χ4v) is 2.85. The van der Waals surface area contributed by atoms with Crippen molar-refractivity contribution in [3.05, 3.63) is 46.7 Å². The van der Waals surface area contributed by atoms with Gasteiger partial charge in [0.1, 0.15) is 0 Å². The molecule has 0 radical (unpaired) electrons. The predicted molar refractivity (Wildman–Crippen MR) is 83.2 cm³/mol. The molecule has 0 aliphatic heterocycles. The van der Waals surface area contributed by atoms with Gasteiger partial charge in [0.2, 0.25) is 5.16 Å². The molecule has 0 unspecified atom stereocenters. The predicted octanol–water partition coefficient (Wildman–Crippen LogP) is 2.70. The summed E-state index contributed by atoms with van der Waals surface area (Å²) < 4.78 is 1.63. The van der Waals surface area contributed by atoms with Crippen molar-refractivity contribution in [2.24, 2.45) is 0 Å². The van der Waals surface area contributed by atoms with Crippen molar-refractivity contribution in [1.82, 2.24) is 20.2 Å². The molecule has 8 heteroatoms. The summed E-state index contributed by atoms with van der Waals surface area (Å²) in [6, 6.07) is 9.19. The molecule has 0 bridgehead atoms. The van der Waals surface area contributed by atoms with Crippen LogP contribution in [0, 0.1) is 0 Å². The molecule has 2 heterocycles. The van der Waals surface area contributed by atoms with Crippen molar-refractivity contribution in [3.8, 4) is 5.69 Å². The fourth-order valence-electron chi connectivity index (χ4n) is 1.78. The lowest BCUT2D eigenvalue weighted by molar-refractivity contribution is 0.102. The SMILES string of the molecule is CSc1nnnn1-c1cccc(NC(=O)c2ccsc2)c1. The third-order valence-electron chi connectivity index (χ3n) is 2.76. The van der Waals surface area contributed by atoms with E-state index in [9.17, 15) is 4.79 Å². The van der Waals surface area contributed by atoms with E-state index in [-0.39, 0.29) is 5.91 Å². The first-order chi connectivity index (χ1) is 10.3. The van der Waals surface area contributed by atoms with E-state index in [0.717, 1.165) is 5.69 Å². The molecule has 0 spiro atoms. The summed E-state index contributed by atoms with van der Waals surface area (Å²) >= 11 is 2.95. The maximum atomic E-state index is 12.0. The Morgan fingerprint density at radius 2 is 2.29 bits per heavy atom. The van der Waals surface area contributed by atoms with Crippen LogP contribution < -0.4 is 5.32 Å². The van der Waals surface area contributed by atoms with E-state index in [4.69, 9.17) is 0 Å². The van der Waals surface area contributed by atoms with Crippen LogP contribution in [-0.4, -0.2) is 32.4 Å². The smallest absolute Gasteiger partial charge is 0.256 e. The number of rotatable bonds is 4. The minimum absolute atomic E-state index is 0.129. The highest BCUT2D eigenvalue weighted by atomic mass is 32.2. The lowest BCUT2D eigenvalue weighted by atomic mass is 10.2. The summed E-state index contributed by atoms with van der Waals surface area (Å²) in [7, 11) is 0. The number of carbonyl (C=O) groups excluding carboxylic acids is 1. The molecule has 2 aromatic heterocycles. The van der Waals surface area contributed by atoms with Gasteiger partial charge in [-0.3, -0.25) is 4.79 Å². The summed E-state index contributed by atoms with van der Waals surface area (Å²) in [5.74, 6) is -0.129. The standard InChI is InChI=1S/C13H11N5OS2/c1-20-13-15-16-17-18(13)11-4-2-3-10(7-11)14-12(19)9-5-6-21-8-9/h2-8H,1H3,(H,14,19). The first kappa shape index (κ1) is 13.8. The number of hydrogen-bond acceptors (Lipinski definition) is 6. The van der Waals surface area contributed by atoms with E-state index >= 15 is 0 Å². The monoisotopic (exact) mass is 317 g/mol. The normalized spacial score (nSPS) is 10.5. The Morgan fingerprint density at radius 3 is 3.05 bits per heavy atom. The van der Waals surface area contributed by atoms with Gasteiger partial charge in [-0.15, -0.1) is 5.10 Å². The number of hydrogen-bond donors (Lipinski definition) is 1. The molecular formula is C13H11N5OS2. The summed E-state index contributed by atoms with van der Waals surface area (Å²) in [6.07, 6.45) is 1.91. The van der Waals surface area contributed by atoms with Crippen LogP contribution in [0.15, 0.2) is 46.2 Å². The fraction of sp³-hybridized carbons (Fsp3) is 0.0769. The molecular weight excluding hydrogens is 306 g/mol. The first-order valence-corrected chi connectivity index (χ1v) is 8.21. The lowest BCUT2D eigenvalue weighted by Gasteiger charge is -2.07.